The summed E-state index contributed by atoms with van der Waals surface area (Å²) in [6.45, 7) is 5.37. The molecule has 1 aliphatic rings. The summed E-state index contributed by atoms with van der Waals surface area (Å²) in [5, 5.41) is 2.92. The molecule has 1 aliphatic carbocycles. The monoisotopic (exact) mass is 320 g/mol. The van der Waals surface area contributed by atoms with Crippen LogP contribution in [0.4, 0.5) is 5.69 Å². The highest BCUT2D eigenvalue weighted by Gasteiger charge is 2.13. The van der Waals surface area contributed by atoms with Gasteiger partial charge >= 0.3 is 0 Å². The number of nitrogens with one attached hydrogen (secondary N) is 1. The summed E-state index contributed by atoms with van der Waals surface area (Å²) in [5.41, 5.74) is 3.61. The van der Waals surface area contributed by atoms with E-state index in [0.29, 0.717) is 11.5 Å². The third-order valence-corrected chi connectivity index (χ3v) is 4.87. The number of fused-ring (bicyclic) bond motifs is 1. The van der Waals surface area contributed by atoms with Crippen LogP contribution in [-0.2, 0) is 22.4 Å². The third kappa shape index (κ3) is 4.50. The molecule has 0 saturated carbocycles. The van der Waals surface area contributed by atoms with Crippen molar-refractivity contribution in [1.82, 2.24) is 4.90 Å². The van der Waals surface area contributed by atoms with Crippen LogP contribution >= 0.6 is 11.8 Å². The number of carbonyl (C=O) groups is 2. The molecular weight excluding hydrogens is 296 g/mol. The highest BCUT2D eigenvalue weighted by atomic mass is 32.2. The van der Waals surface area contributed by atoms with Gasteiger partial charge in [-0.25, -0.2) is 0 Å². The van der Waals surface area contributed by atoms with Gasteiger partial charge in [-0.05, 0) is 56.4 Å². The lowest BCUT2D eigenvalue weighted by Crippen LogP contribution is -2.32. The normalized spacial score (nSPS) is 12.8. The fraction of sp³-hybridized carbons (Fsp3) is 0.529. The number of aryl methyl sites for hydroxylation is 2. The molecule has 0 aromatic heterocycles. The summed E-state index contributed by atoms with van der Waals surface area (Å²) in [7, 11) is 0. The zero-order valence-electron chi connectivity index (χ0n) is 13.4. The van der Waals surface area contributed by atoms with Crippen LogP contribution in [0.2, 0.25) is 0 Å². The molecule has 0 unspecified atom stereocenters. The van der Waals surface area contributed by atoms with Crippen LogP contribution in [0.3, 0.4) is 0 Å². The van der Waals surface area contributed by atoms with Gasteiger partial charge in [-0.1, -0.05) is 6.07 Å². The number of amides is 2. The number of carbonyl (C=O) groups excluding carboxylic acids is 2. The maximum Gasteiger partial charge on any atom is 0.234 e. The second-order valence-corrected chi connectivity index (χ2v) is 6.43. The van der Waals surface area contributed by atoms with Crippen molar-refractivity contribution in [2.24, 2.45) is 0 Å². The van der Waals surface area contributed by atoms with Gasteiger partial charge in [0.05, 0.1) is 11.5 Å². The highest BCUT2D eigenvalue weighted by Crippen LogP contribution is 2.24. The summed E-state index contributed by atoms with van der Waals surface area (Å²) in [6.07, 6.45) is 3.45. The van der Waals surface area contributed by atoms with Crippen molar-refractivity contribution in [2.75, 3.05) is 29.9 Å². The molecule has 0 atom stereocenters. The number of nitrogens with zero attached hydrogens (tertiary/aromatic N) is 1. The first-order chi connectivity index (χ1) is 10.6. The van der Waals surface area contributed by atoms with Gasteiger partial charge < -0.3 is 10.2 Å². The second-order valence-electron chi connectivity index (χ2n) is 5.44. The van der Waals surface area contributed by atoms with E-state index in [1.54, 1.807) is 4.90 Å². The molecule has 0 aliphatic heterocycles. The Morgan fingerprint density at radius 3 is 2.59 bits per heavy atom. The molecule has 2 amide bonds. The molecule has 0 radical (unpaired) electrons. The van der Waals surface area contributed by atoms with E-state index in [9.17, 15) is 9.59 Å². The van der Waals surface area contributed by atoms with E-state index in [4.69, 9.17) is 0 Å². The zero-order chi connectivity index (χ0) is 15.9. The minimum atomic E-state index is -0.0460. The average molecular weight is 320 g/mol. The average Bonchev–Trinajstić information content (AvgIpc) is 2.96. The number of hydrogen-bond acceptors (Lipinski definition) is 3. The molecular formula is C17H24N2O2S. The second kappa shape index (κ2) is 8.22. The SMILES string of the molecule is CCN(CC)C(=O)CSCC(=O)Nc1ccc2c(c1)CCC2. The molecule has 1 aromatic rings. The van der Waals surface area contributed by atoms with Crippen molar-refractivity contribution >= 4 is 29.3 Å². The molecule has 0 saturated heterocycles. The summed E-state index contributed by atoms with van der Waals surface area (Å²) < 4.78 is 0. The van der Waals surface area contributed by atoms with E-state index < -0.39 is 0 Å². The van der Waals surface area contributed by atoms with Gasteiger partial charge in [-0.2, -0.15) is 0 Å². The number of anilines is 1. The maximum absolute atomic E-state index is 11.9. The van der Waals surface area contributed by atoms with Crippen molar-refractivity contribution in [3.8, 4) is 0 Å². The van der Waals surface area contributed by atoms with Crippen LogP contribution in [-0.4, -0.2) is 41.3 Å². The van der Waals surface area contributed by atoms with Crippen molar-refractivity contribution in [3.05, 3.63) is 29.3 Å². The highest BCUT2D eigenvalue weighted by molar-refractivity contribution is 8.00. The zero-order valence-corrected chi connectivity index (χ0v) is 14.2. The third-order valence-electron chi connectivity index (χ3n) is 3.96. The smallest absolute Gasteiger partial charge is 0.234 e. The van der Waals surface area contributed by atoms with Crippen molar-refractivity contribution in [2.45, 2.75) is 33.1 Å². The predicted molar refractivity (Wildman–Crippen MR) is 92.3 cm³/mol. The number of hydrogen-bond donors (Lipinski definition) is 1. The number of benzene rings is 1. The van der Waals surface area contributed by atoms with Gasteiger partial charge in [0.25, 0.3) is 0 Å². The Labute approximate surface area is 136 Å². The first-order valence-electron chi connectivity index (χ1n) is 7.91. The number of rotatable bonds is 7. The quantitative estimate of drug-likeness (QED) is 0.840. The summed E-state index contributed by atoms with van der Waals surface area (Å²) in [5.74, 6) is 0.722. The molecule has 0 spiro atoms. The first kappa shape index (κ1) is 16.9. The Morgan fingerprint density at radius 2 is 1.86 bits per heavy atom. The van der Waals surface area contributed by atoms with Crippen LogP contribution < -0.4 is 5.32 Å². The van der Waals surface area contributed by atoms with Gasteiger partial charge in [-0.15, -0.1) is 11.8 Å². The van der Waals surface area contributed by atoms with Crippen molar-refractivity contribution in [1.29, 1.82) is 0 Å². The topological polar surface area (TPSA) is 49.4 Å². The van der Waals surface area contributed by atoms with E-state index in [2.05, 4.69) is 17.4 Å². The number of thioether (sulfide) groups is 1. The van der Waals surface area contributed by atoms with Gasteiger partial charge in [0.15, 0.2) is 0 Å². The van der Waals surface area contributed by atoms with Crippen LogP contribution in [0.5, 0.6) is 0 Å². The lowest BCUT2D eigenvalue weighted by atomic mass is 10.1. The molecule has 4 nitrogen and oxygen atoms in total. The maximum atomic E-state index is 11.9. The molecule has 0 bridgehead atoms. The van der Waals surface area contributed by atoms with Crippen molar-refractivity contribution in [3.63, 3.8) is 0 Å². The Balaban J connectivity index is 1.75. The molecule has 0 fully saturated rings. The molecule has 2 rings (SSSR count). The van der Waals surface area contributed by atoms with Gasteiger partial charge in [0.1, 0.15) is 0 Å². The molecule has 1 N–H and O–H groups in total. The van der Waals surface area contributed by atoms with Gasteiger partial charge in [-0.3, -0.25) is 9.59 Å². The summed E-state index contributed by atoms with van der Waals surface area (Å²) in [4.78, 5) is 25.6. The fourth-order valence-electron chi connectivity index (χ4n) is 2.75. The van der Waals surface area contributed by atoms with Gasteiger partial charge in [0, 0.05) is 18.8 Å². The predicted octanol–water partition coefficient (Wildman–Crippen LogP) is 2.72. The summed E-state index contributed by atoms with van der Waals surface area (Å²) in [6, 6.07) is 6.15. The standard InChI is InChI=1S/C17H24N2O2S/c1-3-19(4-2)17(21)12-22-11-16(20)18-15-9-8-13-6-5-7-14(13)10-15/h8-10H,3-7,11-12H2,1-2H3,(H,18,20). The fourth-order valence-corrected chi connectivity index (χ4v) is 3.46. The van der Waals surface area contributed by atoms with Crippen LogP contribution in [0, 0.1) is 0 Å². The summed E-state index contributed by atoms with van der Waals surface area (Å²) >= 11 is 1.37. The first-order valence-corrected chi connectivity index (χ1v) is 9.06. The molecule has 0 heterocycles. The largest absolute Gasteiger partial charge is 0.343 e. The minimum absolute atomic E-state index is 0.0460. The van der Waals surface area contributed by atoms with E-state index in [0.717, 1.165) is 31.6 Å². The lowest BCUT2D eigenvalue weighted by Gasteiger charge is -2.18. The minimum Gasteiger partial charge on any atom is -0.343 e. The molecule has 5 heteroatoms. The molecule has 1 aromatic carbocycles. The van der Waals surface area contributed by atoms with E-state index in [1.807, 2.05) is 19.9 Å². The van der Waals surface area contributed by atoms with Gasteiger partial charge in [0.2, 0.25) is 11.8 Å². The van der Waals surface area contributed by atoms with E-state index in [1.165, 1.54) is 29.3 Å². The Hall–Kier alpha value is -1.49. The van der Waals surface area contributed by atoms with Crippen LogP contribution in [0.25, 0.3) is 0 Å². The van der Waals surface area contributed by atoms with Crippen LogP contribution in [0.15, 0.2) is 18.2 Å². The Bertz CT molecular complexity index is 541. The van der Waals surface area contributed by atoms with Crippen LogP contribution in [0.1, 0.15) is 31.4 Å². The Morgan fingerprint density at radius 1 is 1.14 bits per heavy atom. The Kier molecular flexibility index (Phi) is 6.31. The van der Waals surface area contributed by atoms with E-state index >= 15 is 0 Å². The van der Waals surface area contributed by atoms with E-state index in [-0.39, 0.29) is 11.8 Å². The molecule has 22 heavy (non-hydrogen) atoms. The van der Waals surface area contributed by atoms with Crippen molar-refractivity contribution < 1.29 is 9.59 Å². The molecule has 120 valence electrons. The lowest BCUT2D eigenvalue weighted by molar-refractivity contribution is -0.127.